The van der Waals surface area contributed by atoms with Gasteiger partial charge in [-0.2, -0.15) is 0 Å². The second-order valence-electron chi connectivity index (χ2n) is 7.11. The van der Waals surface area contributed by atoms with E-state index in [-0.39, 0.29) is 23.1 Å². The van der Waals surface area contributed by atoms with Gasteiger partial charge in [0.2, 0.25) is 5.91 Å². The van der Waals surface area contributed by atoms with Gasteiger partial charge in [-0.1, -0.05) is 0 Å². The smallest absolute Gasteiger partial charge is 0.263 e. The van der Waals surface area contributed by atoms with E-state index >= 15 is 0 Å². The van der Waals surface area contributed by atoms with Gasteiger partial charge in [-0.25, -0.2) is 0 Å². The molecule has 0 aliphatic carbocycles. The van der Waals surface area contributed by atoms with Crippen molar-refractivity contribution in [1.82, 2.24) is 4.57 Å². The molecule has 0 saturated carbocycles. The lowest BCUT2D eigenvalue weighted by molar-refractivity contribution is -0.114. The van der Waals surface area contributed by atoms with E-state index in [9.17, 15) is 14.4 Å². The molecule has 1 aromatic heterocycles. The Morgan fingerprint density at radius 2 is 1.79 bits per heavy atom. The lowest BCUT2D eigenvalue weighted by Crippen LogP contribution is -2.34. The van der Waals surface area contributed by atoms with Crippen LogP contribution in [-0.4, -0.2) is 29.1 Å². The van der Waals surface area contributed by atoms with Crippen LogP contribution in [0.4, 0.5) is 11.4 Å². The number of rotatable bonds is 5. The van der Waals surface area contributed by atoms with Gasteiger partial charge in [-0.15, -0.1) is 0 Å². The van der Waals surface area contributed by atoms with E-state index in [0.29, 0.717) is 30.1 Å². The third kappa shape index (κ3) is 4.48. The zero-order chi connectivity index (χ0) is 20.3. The van der Waals surface area contributed by atoms with E-state index < -0.39 is 5.91 Å². The van der Waals surface area contributed by atoms with E-state index in [0.717, 1.165) is 18.5 Å². The lowest BCUT2D eigenvalue weighted by Gasteiger charge is -2.17. The number of carbonyl (C=O) groups is 2. The van der Waals surface area contributed by atoms with Crippen LogP contribution in [0.2, 0.25) is 0 Å². The van der Waals surface area contributed by atoms with Crippen LogP contribution in [-0.2, 0) is 16.1 Å². The van der Waals surface area contributed by atoms with E-state index in [1.165, 1.54) is 6.92 Å². The summed E-state index contributed by atoms with van der Waals surface area (Å²) in [5.74, 6) is -0.616. The summed E-state index contributed by atoms with van der Waals surface area (Å²) in [7, 11) is 0. The average Bonchev–Trinajstić information content (AvgIpc) is 3.13. The number of nitrogens with zero attached hydrogens (tertiary/aromatic N) is 1. The number of hydrogen-bond acceptors (Lipinski definition) is 4. The first-order valence-electron chi connectivity index (χ1n) is 9.37. The fourth-order valence-corrected chi connectivity index (χ4v) is 3.46. The van der Waals surface area contributed by atoms with E-state index in [1.807, 2.05) is 13.0 Å². The number of anilines is 2. The molecule has 0 bridgehead atoms. The second kappa shape index (κ2) is 8.39. The highest BCUT2D eigenvalue weighted by atomic mass is 16.5. The van der Waals surface area contributed by atoms with Gasteiger partial charge < -0.3 is 19.9 Å². The van der Waals surface area contributed by atoms with Crippen molar-refractivity contribution in [3.05, 3.63) is 57.5 Å². The van der Waals surface area contributed by atoms with Crippen molar-refractivity contribution >= 4 is 23.2 Å². The molecule has 0 spiro atoms. The molecule has 2 N–H and O–H groups in total. The number of amides is 2. The molecule has 1 aliphatic rings. The summed E-state index contributed by atoms with van der Waals surface area (Å²) in [6, 6.07) is 8.59. The van der Waals surface area contributed by atoms with Crippen LogP contribution in [0, 0.1) is 13.8 Å². The average molecular weight is 383 g/mol. The Bertz CT molecular complexity index is 941. The van der Waals surface area contributed by atoms with Gasteiger partial charge in [0.25, 0.3) is 11.5 Å². The molecule has 0 radical (unpaired) electrons. The Balaban J connectivity index is 1.82. The van der Waals surface area contributed by atoms with Crippen molar-refractivity contribution in [1.29, 1.82) is 0 Å². The molecular formula is C21H25N3O4. The molecular weight excluding hydrogens is 358 g/mol. The SMILES string of the molecule is CC(=O)Nc1ccc(NC(=O)c2c(C)cc(C)n(C[C@H]3CCCO3)c2=O)cc1. The topological polar surface area (TPSA) is 89.4 Å². The number of ether oxygens (including phenoxy) is 1. The number of aryl methyl sites for hydroxylation is 2. The highest BCUT2D eigenvalue weighted by Gasteiger charge is 2.22. The Morgan fingerprint density at radius 3 is 2.36 bits per heavy atom. The third-order valence-electron chi connectivity index (χ3n) is 4.80. The molecule has 1 aromatic carbocycles. The number of carbonyl (C=O) groups excluding carboxylic acids is 2. The van der Waals surface area contributed by atoms with Crippen LogP contribution in [0.5, 0.6) is 0 Å². The van der Waals surface area contributed by atoms with Crippen LogP contribution in [0.3, 0.4) is 0 Å². The largest absolute Gasteiger partial charge is 0.376 e. The maximum absolute atomic E-state index is 13.0. The standard InChI is InChI=1S/C21H25N3O4/c1-13-11-14(2)24(12-18-5-4-10-28-18)21(27)19(13)20(26)23-17-8-6-16(7-9-17)22-15(3)25/h6-9,11,18H,4-5,10,12H2,1-3H3,(H,22,25)(H,23,26)/t18-/m1/s1. The predicted molar refractivity (Wildman–Crippen MR) is 108 cm³/mol. The monoisotopic (exact) mass is 383 g/mol. The Kier molecular flexibility index (Phi) is 5.94. The van der Waals surface area contributed by atoms with Gasteiger partial charge in [0.1, 0.15) is 5.56 Å². The van der Waals surface area contributed by atoms with Crippen LogP contribution in [0.15, 0.2) is 35.1 Å². The van der Waals surface area contributed by atoms with Gasteiger partial charge in [0.05, 0.1) is 12.6 Å². The Labute approximate surface area is 163 Å². The highest BCUT2D eigenvalue weighted by Crippen LogP contribution is 2.17. The van der Waals surface area contributed by atoms with Gasteiger partial charge in [0, 0.05) is 30.6 Å². The highest BCUT2D eigenvalue weighted by molar-refractivity contribution is 6.05. The summed E-state index contributed by atoms with van der Waals surface area (Å²) < 4.78 is 7.26. The van der Waals surface area contributed by atoms with Crippen LogP contribution < -0.4 is 16.2 Å². The minimum atomic E-state index is -0.448. The minimum Gasteiger partial charge on any atom is -0.376 e. The fraction of sp³-hybridized carbons (Fsp3) is 0.381. The maximum atomic E-state index is 13.0. The number of benzene rings is 1. The lowest BCUT2D eigenvalue weighted by atomic mass is 10.1. The molecule has 3 rings (SSSR count). The molecule has 2 amide bonds. The zero-order valence-electron chi connectivity index (χ0n) is 16.4. The fourth-order valence-electron chi connectivity index (χ4n) is 3.46. The van der Waals surface area contributed by atoms with Gasteiger partial charge in [-0.3, -0.25) is 14.4 Å². The van der Waals surface area contributed by atoms with Crippen molar-refractivity contribution in [3.8, 4) is 0 Å². The Hall–Kier alpha value is -2.93. The maximum Gasteiger partial charge on any atom is 0.263 e. The van der Waals surface area contributed by atoms with Crippen molar-refractivity contribution in [2.75, 3.05) is 17.2 Å². The summed E-state index contributed by atoms with van der Waals surface area (Å²) in [5.41, 5.74) is 2.46. The number of hydrogen-bond donors (Lipinski definition) is 2. The predicted octanol–water partition coefficient (Wildman–Crippen LogP) is 2.85. The third-order valence-corrected chi connectivity index (χ3v) is 4.80. The van der Waals surface area contributed by atoms with Gasteiger partial charge in [-0.05, 0) is 62.6 Å². The summed E-state index contributed by atoms with van der Waals surface area (Å²) >= 11 is 0. The number of nitrogens with one attached hydrogen (secondary N) is 2. The molecule has 7 heteroatoms. The van der Waals surface area contributed by atoms with E-state index in [1.54, 1.807) is 35.8 Å². The first kappa shape index (κ1) is 19.8. The van der Waals surface area contributed by atoms with Crippen molar-refractivity contribution in [3.63, 3.8) is 0 Å². The molecule has 1 fully saturated rings. The number of pyridine rings is 1. The number of aromatic nitrogens is 1. The quantitative estimate of drug-likeness (QED) is 0.831. The van der Waals surface area contributed by atoms with Crippen molar-refractivity contribution in [2.45, 2.75) is 46.3 Å². The first-order valence-corrected chi connectivity index (χ1v) is 9.37. The van der Waals surface area contributed by atoms with E-state index in [4.69, 9.17) is 4.74 Å². The normalized spacial score (nSPS) is 16.0. The summed E-state index contributed by atoms with van der Waals surface area (Å²) in [5, 5.41) is 5.43. The van der Waals surface area contributed by atoms with Crippen LogP contribution in [0.25, 0.3) is 0 Å². The van der Waals surface area contributed by atoms with E-state index in [2.05, 4.69) is 10.6 Å². The molecule has 1 atom stereocenters. The van der Waals surface area contributed by atoms with Crippen LogP contribution >= 0.6 is 0 Å². The zero-order valence-corrected chi connectivity index (χ0v) is 16.4. The summed E-state index contributed by atoms with van der Waals surface area (Å²) in [6.45, 7) is 6.23. The van der Waals surface area contributed by atoms with Gasteiger partial charge in [0.15, 0.2) is 0 Å². The molecule has 7 nitrogen and oxygen atoms in total. The molecule has 28 heavy (non-hydrogen) atoms. The summed E-state index contributed by atoms with van der Waals surface area (Å²) in [4.78, 5) is 36.9. The molecule has 1 aliphatic heterocycles. The second-order valence-corrected chi connectivity index (χ2v) is 7.11. The molecule has 2 aromatic rings. The van der Waals surface area contributed by atoms with Gasteiger partial charge >= 0.3 is 0 Å². The van der Waals surface area contributed by atoms with Crippen LogP contribution in [0.1, 0.15) is 41.4 Å². The molecule has 2 heterocycles. The summed E-state index contributed by atoms with van der Waals surface area (Å²) in [6.07, 6.45) is 1.92. The van der Waals surface area contributed by atoms with Crippen molar-refractivity contribution < 1.29 is 14.3 Å². The first-order chi connectivity index (χ1) is 13.3. The Morgan fingerprint density at radius 1 is 1.14 bits per heavy atom. The molecule has 148 valence electrons. The van der Waals surface area contributed by atoms with Crippen molar-refractivity contribution in [2.24, 2.45) is 0 Å². The minimum absolute atomic E-state index is 0.0105. The molecule has 0 unspecified atom stereocenters. The molecule has 1 saturated heterocycles.